The van der Waals surface area contributed by atoms with E-state index >= 15 is 0 Å². The van der Waals surface area contributed by atoms with Gasteiger partial charge < -0.3 is 15.5 Å². The molecule has 2 aromatic carbocycles. The summed E-state index contributed by atoms with van der Waals surface area (Å²) in [4.78, 5) is 21.5. The monoisotopic (exact) mass is 366 g/mol. The van der Waals surface area contributed by atoms with Crippen LogP contribution < -0.4 is 10.6 Å². The Morgan fingerprint density at radius 1 is 1.08 bits per heavy atom. The summed E-state index contributed by atoms with van der Waals surface area (Å²) in [5.41, 5.74) is 11.1. The highest BCUT2D eigenvalue weighted by atomic mass is 32.1. The minimum absolute atomic E-state index is 0.0686. The van der Waals surface area contributed by atoms with Crippen molar-refractivity contribution in [3.63, 3.8) is 0 Å². The Morgan fingerprint density at radius 3 is 2.62 bits per heavy atom. The molecule has 0 bridgehead atoms. The predicted molar refractivity (Wildman–Crippen MR) is 108 cm³/mol. The van der Waals surface area contributed by atoms with E-state index in [1.165, 1.54) is 28.2 Å². The number of fused-ring (bicyclic) bond motifs is 1. The van der Waals surface area contributed by atoms with Gasteiger partial charge in [0, 0.05) is 37.4 Å². The van der Waals surface area contributed by atoms with Gasteiger partial charge in [0.05, 0.1) is 10.2 Å². The second kappa shape index (κ2) is 6.61. The van der Waals surface area contributed by atoms with Gasteiger partial charge >= 0.3 is 0 Å². The van der Waals surface area contributed by atoms with E-state index in [-0.39, 0.29) is 5.91 Å². The first-order chi connectivity index (χ1) is 12.5. The fraction of sp³-hybridized carbons (Fsp3) is 0.300. The lowest BCUT2D eigenvalue weighted by atomic mass is 10.1. The molecule has 1 fully saturated rings. The summed E-state index contributed by atoms with van der Waals surface area (Å²) >= 11 is 1.44. The van der Waals surface area contributed by atoms with Crippen molar-refractivity contribution >= 4 is 38.3 Å². The third kappa shape index (κ3) is 3.12. The molecule has 6 heteroatoms. The lowest BCUT2D eigenvalue weighted by molar-refractivity contribution is 0.0747. The molecule has 0 unspecified atom stereocenters. The summed E-state index contributed by atoms with van der Waals surface area (Å²) in [6.07, 6.45) is 0. The normalized spacial score (nSPS) is 14.8. The molecule has 2 N–H and O–H groups in total. The Kier molecular flexibility index (Phi) is 4.28. The number of nitrogen functional groups attached to an aromatic ring is 1. The molecule has 4 rings (SSSR count). The van der Waals surface area contributed by atoms with Crippen molar-refractivity contribution in [1.29, 1.82) is 0 Å². The number of carbonyl (C=O) groups excluding carboxylic acids is 1. The second-order valence-corrected chi connectivity index (χ2v) is 7.87. The predicted octanol–water partition coefficient (Wildman–Crippen LogP) is 3.46. The Morgan fingerprint density at radius 2 is 1.85 bits per heavy atom. The molecule has 0 atom stereocenters. The second-order valence-electron chi connectivity index (χ2n) is 6.80. The molecule has 134 valence electrons. The highest BCUT2D eigenvalue weighted by Crippen LogP contribution is 2.26. The Labute approximate surface area is 157 Å². The van der Waals surface area contributed by atoms with Crippen LogP contribution in [0.1, 0.15) is 21.5 Å². The Balaban J connectivity index is 1.48. The number of aryl methyl sites for hydroxylation is 2. The maximum Gasteiger partial charge on any atom is 0.254 e. The number of carbonyl (C=O) groups is 1. The molecule has 1 aliphatic rings. The van der Waals surface area contributed by atoms with Gasteiger partial charge in [-0.25, -0.2) is 4.98 Å². The number of nitrogens with zero attached hydrogens (tertiary/aromatic N) is 3. The van der Waals surface area contributed by atoms with Crippen LogP contribution in [-0.4, -0.2) is 42.0 Å². The molecule has 2 heterocycles. The Hall–Kier alpha value is -2.60. The summed E-state index contributed by atoms with van der Waals surface area (Å²) in [6, 6.07) is 12.2. The SMILES string of the molecule is Cc1ccc(C)c(N2CCN(C(=O)c3ccc4sc(N)nc4c3)CC2)c1. The first-order valence-electron chi connectivity index (χ1n) is 8.79. The molecule has 1 saturated heterocycles. The Bertz CT molecular complexity index is 973. The third-order valence-electron chi connectivity index (χ3n) is 4.92. The molecule has 3 aromatic rings. The van der Waals surface area contributed by atoms with E-state index in [4.69, 9.17) is 5.73 Å². The highest BCUT2D eigenvalue weighted by Gasteiger charge is 2.23. The summed E-state index contributed by atoms with van der Waals surface area (Å²) in [7, 11) is 0. The van der Waals surface area contributed by atoms with E-state index in [1.54, 1.807) is 0 Å². The van der Waals surface area contributed by atoms with Crippen LogP contribution in [0.5, 0.6) is 0 Å². The van der Waals surface area contributed by atoms with Crippen LogP contribution in [-0.2, 0) is 0 Å². The van der Waals surface area contributed by atoms with Gasteiger partial charge in [-0.3, -0.25) is 4.79 Å². The molecule has 0 aliphatic carbocycles. The number of benzene rings is 2. The number of amides is 1. The van der Waals surface area contributed by atoms with Crippen LogP contribution in [0, 0.1) is 13.8 Å². The number of rotatable bonds is 2. The molecule has 0 spiro atoms. The topological polar surface area (TPSA) is 62.5 Å². The zero-order chi connectivity index (χ0) is 18.3. The van der Waals surface area contributed by atoms with Crippen molar-refractivity contribution in [2.24, 2.45) is 0 Å². The number of aromatic nitrogens is 1. The van der Waals surface area contributed by atoms with Crippen molar-refractivity contribution < 1.29 is 4.79 Å². The van der Waals surface area contributed by atoms with Crippen LogP contribution in [0.2, 0.25) is 0 Å². The van der Waals surface area contributed by atoms with Crippen LogP contribution in [0.25, 0.3) is 10.2 Å². The number of hydrogen-bond acceptors (Lipinski definition) is 5. The molecule has 0 radical (unpaired) electrons. The third-order valence-corrected chi connectivity index (χ3v) is 5.79. The number of hydrogen-bond donors (Lipinski definition) is 1. The minimum Gasteiger partial charge on any atom is -0.375 e. The average molecular weight is 366 g/mol. The van der Waals surface area contributed by atoms with E-state index in [0.717, 1.165) is 36.4 Å². The van der Waals surface area contributed by atoms with Crippen molar-refractivity contribution in [3.05, 3.63) is 53.1 Å². The van der Waals surface area contributed by atoms with Gasteiger partial charge in [-0.1, -0.05) is 23.5 Å². The number of piperazine rings is 1. The van der Waals surface area contributed by atoms with Crippen molar-refractivity contribution in [2.75, 3.05) is 36.8 Å². The summed E-state index contributed by atoms with van der Waals surface area (Å²) in [6.45, 7) is 7.40. The van der Waals surface area contributed by atoms with Crippen LogP contribution in [0.15, 0.2) is 36.4 Å². The van der Waals surface area contributed by atoms with Gasteiger partial charge in [-0.15, -0.1) is 0 Å². The molecule has 26 heavy (non-hydrogen) atoms. The number of nitrogens with two attached hydrogens (primary N) is 1. The van der Waals surface area contributed by atoms with Gasteiger partial charge in [0.1, 0.15) is 0 Å². The molecular formula is C20H22N4OS. The van der Waals surface area contributed by atoms with Gasteiger partial charge in [-0.2, -0.15) is 0 Å². The number of thiazole rings is 1. The first kappa shape index (κ1) is 16.8. The van der Waals surface area contributed by atoms with Crippen LogP contribution in [0.4, 0.5) is 10.8 Å². The fourth-order valence-electron chi connectivity index (χ4n) is 3.47. The largest absolute Gasteiger partial charge is 0.375 e. The van der Waals surface area contributed by atoms with Crippen molar-refractivity contribution in [3.8, 4) is 0 Å². The lowest BCUT2D eigenvalue weighted by Gasteiger charge is -2.37. The summed E-state index contributed by atoms with van der Waals surface area (Å²) in [5.74, 6) is 0.0686. The smallest absolute Gasteiger partial charge is 0.254 e. The summed E-state index contributed by atoms with van der Waals surface area (Å²) in [5, 5.41) is 0.534. The zero-order valence-corrected chi connectivity index (χ0v) is 15.8. The van der Waals surface area contributed by atoms with Crippen LogP contribution in [0.3, 0.4) is 0 Å². The van der Waals surface area contributed by atoms with E-state index in [2.05, 4.69) is 41.9 Å². The van der Waals surface area contributed by atoms with Gasteiger partial charge in [0.25, 0.3) is 5.91 Å². The van der Waals surface area contributed by atoms with Crippen molar-refractivity contribution in [2.45, 2.75) is 13.8 Å². The zero-order valence-electron chi connectivity index (χ0n) is 15.0. The van der Waals surface area contributed by atoms with E-state index in [1.807, 2.05) is 23.1 Å². The quantitative estimate of drug-likeness (QED) is 0.754. The highest BCUT2D eigenvalue weighted by molar-refractivity contribution is 7.22. The van der Waals surface area contributed by atoms with E-state index in [9.17, 15) is 4.79 Å². The molecule has 1 amide bonds. The lowest BCUT2D eigenvalue weighted by Crippen LogP contribution is -2.49. The van der Waals surface area contributed by atoms with E-state index in [0.29, 0.717) is 10.7 Å². The van der Waals surface area contributed by atoms with Crippen LogP contribution >= 0.6 is 11.3 Å². The molecular weight excluding hydrogens is 344 g/mol. The van der Waals surface area contributed by atoms with Gasteiger partial charge in [0.2, 0.25) is 0 Å². The molecule has 5 nitrogen and oxygen atoms in total. The first-order valence-corrected chi connectivity index (χ1v) is 9.60. The standard InChI is InChI=1S/C20H22N4OS/c1-13-3-4-14(2)17(11-13)23-7-9-24(10-8-23)19(25)15-5-6-18-16(12-15)22-20(21)26-18/h3-6,11-12H,7-10H2,1-2H3,(H2,21,22). The van der Waals surface area contributed by atoms with Gasteiger partial charge in [-0.05, 0) is 49.2 Å². The van der Waals surface area contributed by atoms with E-state index < -0.39 is 0 Å². The van der Waals surface area contributed by atoms with Gasteiger partial charge in [0.15, 0.2) is 5.13 Å². The minimum atomic E-state index is 0.0686. The maximum absolute atomic E-state index is 12.9. The maximum atomic E-state index is 12.9. The fourth-order valence-corrected chi connectivity index (χ4v) is 4.19. The molecule has 1 aliphatic heterocycles. The van der Waals surface area contributed by atoms with Crippen molar-refractivity contribution in [1.82, 2.24) is 9.88 Å². The average Bonchev–Trinajstić information content (AvgIpc) is 3.02. The molecule has 0 saturated carbocycles. The number of anilines is 2. The molecule has 1 aromatic heterocycles. The summed E-state index contributed by atoms with van der Waals surface area (Å²) < 4.78 is 1.01.